The van der Waals surface area contributed by atoms with Crippen molar-refractivity contribution in [2.24, 2.45) is 5.10 Å². The SMILES string of the molecule is Cc1ccc(S(=O)(=O)NN=C2CCCCCCCC2)cc1. The van der Waals surface area contributed by atoms with Gasteiger partial charge in [0.2, 0.25) is 0 Å². The highest BCUT2D eigenvalue weighted by atomic mass is 32.2. The highest BCUT2D eigenvalue weighted by Gasteiger charge is 2.13. The fraction of sp³-hybridized carbons (Fsp3) is 0.562. The Balaban J connectivity index is 2.04. The molecule has 0 aromatic heterocycles. The zero-order valence-corrected chi connectivity index (χ0v) is 13.5. The fourth-order valence-corrected chi connectivity index (χ4v) is 3.35. The molecule has 1 N–H and O–H groups in total. The molecule has 1 aromatic carbocycles. The summed E-state index contributed by atoms with van der Waals surface area (Å²) in [6.07, 6.45) is 8.99. The summed E-state index contributed by atoms with van der Waals surface area (Å²) >= 11 is 0. The predicted octanol–water partition coefficient (Wildman–Crippen LogP) is 3.76. The van der Waals surface area contributed by atoms with Gasteiger partial charge in [-0.25, -0.2) is 4.83 Å². The molecule has 1 aromatic rings. The number of hydrogen-bond acceptors (Lipinski definition) is 3. The molecular formula is C16H24N2O2S. The maximum absolute atomic E-state index is 12.2. The van der Waals surface area contributed by atoms with E-state index in [0.717, 1.165) is 37.0 Å². The summed E-state index contributed by atoms with van der Waals surface area (Å²) < 4.78 is 24.4. The van der Waals surface area contributed by atoms with E-state index in [0.29, 0.717) is 0 Å². The molecule has 4 nitrogen and oxygen atoms in total. The van der Waals surface area contributed by atoms with Crippen LogP contribution in [0.4, 0.5) is 0 Å². The molecule has 0 saturated heterocycles. The lowest BCUT2D eigenvalue weighted by Gasteiger charge is -2.07. The van der Waals surface area contributed by atoms with Gasteiger partial charge < -0.3 is 0 Å². The van der Waals surface area contributed by atoms with Crippen LogP contribution in [0, 0.1) is 6.92 Å². The van der Waals surface area contributed by atoms with Crippen molar-refractivity contribution in [3.63, 3.8) is 0 Å². The summed E-state index contributed by atoms with van der Waals surface area (Å²) in [6.45, 7) is 1.93. The summed E-state index contributed by atoms with van der Waals surface area (Å²) in [5.74, 6) is 0. The van der Waals surface area contributed by atoms with Crippen molar-refractivity contribution in [1.82, 2.24) is 4.83 Å². The third-order valence-electron chi connectivity index (χ3n) is 3.84. The Kier molecular flexibility index (Phi) is 5.79. The molecule has 0 amide bonds. The van der Waals surface area contributed by atoms with E-state index in [9.17, 15) is 8.42 Å². The number of aryl methyl sites for hydroxylation is 1. The molecular weight excluding hydrogens is 284 g/mol. The molecule has 0 radical (unpaired) electrons. The Morgan fingerprint density at radius 2 is 1.43 bits per heavy atom. The highest BCUT2D eigenvalue weighted by molar-refractivity contribution is 7.89. The first-order valence-corrected chi connectivity index (χ1v) is 9.20. The number of benzene rings is 1. The van der Waals surface area contributed by atoms with Crippen LogP contribution in [0.25, 0.3) is 0 Å². The highest BCUT2D eigenvalue weighted by Crippen LogP contribution is 2.15. The average Bonchev–Trinajstić information content (AvgIpc) is 2.59. The molecule has 0 atom stereocenters. The molecule has 1 aliphatic carbocycles. The zero-order valence-electron chi connectivity index (χ0n) is 12.6. The van der Waals surface area contributed by atoms with Gasteiger partial charge in [-0.3, -0.25) is 0 Å². The van der Waals surface area contributed by atoms with Gasteiger partial charge in [0.15, 0.2) is 0 Å². The summed E-state index contributed by atoms with van der Waals surface area (Å²) in [5, 5.41) is 4.18. The van der Waals surface area contributed by atoms with Crippen molar-refractivity contribution in [2.45, 2.75) is 63.2 Å². The van der Waals surface area contributed by atoms with Crippen LogP contribution in [0.5, 0.6) is 0 Å². The fourth-order valence-electron chi connectivity index (χ4n) is 2.50. The molecule has 0 spiro atoms. The molecule has 0 unspecified atom stereocenters. The number of rotatable bonds is 3. The third-order valence-corrected chi connectivity index (χ3v) is 5.06. The van der Waals surface area contributed by atoms with E-state index in [1.165, 1.54) is 25.7 Å². The minimum Gasteiger partial charge on any atom is -0.200 e. The quantitative estimate of drug-likeness (QED) is 0.864. The lowest BCUT2D eigenvalue weighted by molar-refractivity contribution is 0.584. The zero-order chi connectivity index (χ0) is 15.1. The largest absolute Gasteiger partial charge is 0.276 e. The number of hydrogen-bond donors (Lipinski definition) is 1. The molecule has 1 saturated carbocycles. The number of nitrogens with zero attached hydrogens (tertiary/aromatic N) is 1. The van der Waals surface area contributed by atoms with Crippen LogP contribution in [0.2, 0.25) is 0 Å². The van der Waals surface area contributed by atoms with Gasteiger partial charge in [-0.15, -0.1) is 0 Å². The van der Waals surface area contributed by atoms with Gasteiger partial charge in [0, 0.05) is 5.71 Å². The lowest BCUT2D eigenvalue weighted by Crippen LogP contribution is -2.20. The normalized spacial score (nSPS) is 17.5. The van der Waals surface area contributed by atoms with Gasteiger partial charge >= 0.3 is 0 Å². The summed E-state index contributed by atoms with van der Waals surface area (Å²) in [7, 11) is -3.54. The van der Waals surface area contributed by atoms with Gasteiger partial charge in [0.1, 0.15) is 0 Å². The Hall–Kier alpha value is -1.36. The maximum Gasteiger partial charge on any atom is 0.276 e. The van der Waals surface area contributed by atoms with Gasteiger partial charge in [0.25, 0.3) is 10.0 Å². The van der Waals surface area contributed by atoms with E-state index in [2.05, 4.69) is 9.93 Å². The predicted molar refractivity (Wildman–Crippen MR) is 85.9 cm³/mol. The number of nitrogens with one attached hydrogen (secondary N) is 1. The minimum absolute atomic E-state index is 0.264. The van der Waals surface area contributed by atoms with Crippen LogP contribution in [0.15, 0.2) is 34.3 Å². The topological polar surface area (TPSA) is 58.5 Å². The summed E-state index contributed by atoms with van der Waals surface area (Å²) in [5.41, 5.74) is 2.02. The summed E-state index contributed by atoms with van der Waals surface area (Å²) in [6, 6.07) is 6.81. The molecule has 2 rings (SSSR count). The van der Waals surface area contributed by atoms with Crippen LogP contribution in [0.1, 0.15) is 56.9 Å². The van der Waals surface area contributed by atoms with Crippen LogP contribution in [0.3, 0.4) is 0 Å². The second kappa shape index (κ2) is 7.59. The maximum atomic E-state index is 12.2. The van der Waals surface area contributed by atoms with Gasteiger partial charge in [-0.2, -0.15) is 13.5 Å². The van der Waals surface area contributed by atoms with E-state index in [-0.39, 0.29) is 4.90 Å². The first-order valence-electron chi connectivity index (χ1n) is 7.72. The van der Waals surface area contributed by atoms with Crippen molar-refractivity contribution in [2.75, 3.05) is 0 Å². The monoisotopic (exact) mass is 308 g/mol. The Morgan fingerprint density at radius 3 is 2.00 bits per heavy atom. The van der Waals surface area contributed by atoms with Crippen molar-refractivity contribution in [3.8, 4) is 0 Å². The Bertz CT molecular complexity index is 565. The minimum atomic E-state index is -3.54. The molecule has 0 bridgehead atoms. The summed E-state index contributed by atoms with van der Waals surface area (Å²) in [4.78, 5) is 2.66. The van der Waals surface area contributed by atoms with Crippen molar-refractivity contribution >= 4 is 15.7 Å². The van der Waals surface area contributed by atoms with Crippen molar-refractivity contribution in [1.29, 1.82) is 0 Å². The number of sulfonamides is 1. The number of hydrazone groups is 1. The molecule has 0 heterocycles. The van der Waals surface area contributed by atoms with Crippen molar-refractivity contribution in [3.05, 3.63) is 29.8 Å². The Labute approximate surface area is 127 Å². The van der Waals surface area contributed by atoms with Gasteiger partial charge in [-0.05, 0) is 44.7 Å². The first kappa shape index (κ1) is 16.0. The van der Waals surface area contributed by atoms with Gasteiger partial charge in [-0.1, -0.05) is 43.4 Å². The van der Waals surface area contributed by atoms with Gasteiger partial charge in [0.05, 0.1) is 4.90 Å². The van der Waals surface area contributed by atoms with E-state index < -0.39 is 10.0 Å². The second-order valence-corrected chi connectivity index (χ2v) is 7.37. The van der Waals surface area contributed by atoms with E-state index >= 15 is 0 Å². The molecule has 1 fully saturated rings. The lowest BCUT2D eigenvalue weighted by atomic mass is 10.1. The third kappa shape index (κ3) is 5.16. The van der Waals surface area contributed by atoms with Crippen LogP contribution >= 0.6 is 0 Å². The van der Waals surface area contributed by atoms with E-state index in [1.807, 2.05) is 6.92 Å². The first-order chi connectivity index (χ1) is 10.1. The van der Waals surface area contributed by atoms with E-state index in [1.54, 1.807) is 24.3 Å². The molecule has 1 aliphatic rings. The molecule has 5 heteroatoms. The Morgan fingerprint density at radius 1 is 0.905 bits per heavy atom. The van der Waals surface area contributed by atoms with E-state index in [4.69, 9.17) is 0 Å². The second-order valence-electron chi connectivity index (χ2n) is 5.71. The molecule has 21 heavy (non-hydrogen) atoms. The van der Waals surface area contributed by atoms with Crippen LogP contribution in [-0.4, -0.2) is 14.1 Å². The van der Waals surface area contributed by atoms with Crippen LogP contribution < -0.4 is 4.83 Å². The molecule has 0 aliphatic heterocycles. The van der Waals surface area contributed by atoms with Crippen molar-refractivity contribution < 1.29 is 8.42 Å². The van der Waals surface area contributed by atoms with Crippen LogP contribution in [-0.2, 0) is 10.0 Å². The standard InChI is InChI=1S/C16H24N2O2S/c1-14-10-12-16(13-11-14)21(19,20)18-17-15-8-6-4-2-3-5-7-9-15/h10-13,18H,2-9H2,1H3. The average molecular weight is 308 g/mol. The smallest absolute Gasteiger partial charge is 0.200 e. The molecule has 116 valence electrons.